The van der Waals surface area contributed by atoms with Crippen LogP contribution in [-0.4, -0.2) is 4.98 Å². The summed E-state index contributed by atoms with van der Waals surface area (Å²) >= 11 is 0. The molecule has 4 heteroatoms. The third-order valence-corrected chi connectivity index (χ3v) is 9.76. The summed E-state index contributed by atoms with van der Waals surface area (Å²) in [5.41, 5.74) is 8.42. The average molecular weight is 442 g/mol. The number of rotatable bonds is 1. The molecule has 0 aliphatic carbocycles. The number of hydrogen-bond donors (Lipinski definition) is 0. The lowest BCUT2D eigenvalue weighted by atomic mass is 9.96. The Hall–Kier alpha value is -3.94. The van der Waals surface area contributed by atoms with Gasteiger partial charge in [0.2, 0.25) is 7.29 Å². The number of anilines is 2. The molecule has 1 aromatic heterocycles. The highest BCUT2D eigenvalue weighted by Crippen LogP contribution is 2.65. The molecule has 5 aromatic rings. The molecule has 1 atom stereocenters. The summed E-state index contributed by atoms with van der Waals surface area (Å²) in [6.07, 6.45) is 3.67. The van der Waals surface area contributed by atoms with Gasteiger partial charge in [0.1, 0.15) is 0 Å². The molecule has 3 heterocycles. The van der Waals surface area contributed by atoms with E-state index in [1.54, 1.807) is 6.20 Å². The van der Waals surface area contributed by atoms with E-state index in [4.69, 9.17) is 0 Å². The molecule has 1 unspecified atom stereocenters. The first-order chi connectivity index (χ1) is 16.3. The Morgan fingerprint density at radius 3 is 1.94 bits per heavy atom. The fraction of sp³-hybridized carbons (Fsp3) is 0. The van der Waals surface area contributed by atoms with Crippen molar-refractivity contribution in [2.24, 2.45) is 0 Å². The van der Waals surface area contributed by atoms with E-state index in [1.807, 2.05) is 54.7 Å². The molecule has 33 heavy (non-hydrogen) atoms. The Morgan fingerprint density at radius 1 is 0.576 bits per heavy atom. The van der Waals surface area contributed by atoms with Gasteiger partial charge >= 0.3 is 0 Å². The van der Waals surface area contributed by atoms with Crippen LogP contribution in [-0.2, 0) is 4.57 Å². The van der Waals surface area contributed by atoms with E-state index in [1.165, 1.54) is 0 Å². The smallest absolute Gasteiger partial charge is 0.235 e. The third-order valence-electron chi connectivity index (χ3n) is 6.68. The molecule has 0 fully saturated rings. The van der Waals surface area contributed by atoms with Crippen LogP contribution in [0.25, 0.3) is 33.4 Å². The highest BCUT2D eigenvalue weighted by atomic mass is 31.2. The fourth-order valence-corrected chi connectivity index (χ4v) is 8.51. The Kier molecular flexibility index (Phi) is 3.82. The highest BCUT2D eigenvalue weighted by molar-refractivity contribution is 7.81. The van der Waals surface area contributed by atoms with Crippen LogP contribution in [0, 0.1) is 0 Å². The van der Waals surface area contributed by atoms with Crippen molar-refractivity contribution in [3.05, 3.63) is 116 Å². The lowest BCUT2D eigenvalue weighted by Gasteiger charge is -2.44. The van der Waals surface area contributed by atoms with Crippen LogP contribution in [0.4, 0.5) is 11.4 Å². The topological polar surface area (TPSA) is 33.2 Å². The molecule has 0 bridgehead atoms. The maximum absolute atomic E-state index is 15.3. The normalized spacial score (nSPS) is 17.3. The Balaban J connectivity index is 1.59. The van der Waals surface area contributed by atoms with Gasteiger partial charge in [-0.25, -0.2) is 0 Å². The zero-order valence-corrected chi connectivity index (χ0v) is 18.6. The Morgan fingerprint density at radius 2 is 1.21 bits per heavy atom. The molecule has 156 valence electrons. The van der Waals surface area contributed by atoms with Crippen molar-refractivity contribution in [1.82, 2.24) is 4.98 Å². The first-order valence-electron chi connectivity index (χ1n) is 11.0. The molecule has 2 aliphatic heterocycles. The summed E-state index contributed by atoms with van der Waals surface area (Å²) in [5.74, 6) is 0. The molecular weight excluding hydrogens is 423 g/mol. The molecule has 7 rings (SSSR count). The van der Waals surface area contributed by atoms with Crippen molar-refractivity contribution >= 4 is 29.3 Å². The summed E-state index contributed by atoms with van der Waals surface area (Å²) < 4.78 is 17.4. The zero-order valence-electron chi connectivity index (χ0n) is 17.7. The predicted molar refractivity (Wildman–Crippen MR) is 136 cm³/mol. The number of benzene rings is 4. The molecule has 0 radical (unpaired) electrons. The van der Waals surface area contributed by atoms with Gasteiger partial charge in [-0.3, -0.25) is 14.2 Å². The van der Waals surface area contributed by atoms with Gasteiger partial charge in [-0.2, -0.15) is 0 Å². The summed E-state index contributed by atoms with van der Waals surface area (Å²) in [7, 11) is -3.13. The number of para-hydroxylation sites is 1. The van der Waals surface area contributed by atoms with Crippen LogP contribution >= 0.6 is 7.29 Å². The van der Waals surface area contributed by atoms with E-state index in [2.05, 4.69) is 64.3 Å². The molecule has 0 spiro atoms. The monoisotopic (exact) mass is 442 g/mol. The molecule has 3 nitrogen and oxygen atoms in total. The quantitative estimate of drug-likeness (QED) is 0.268. The second-order valence-corrected chi connectivity index (χ2v) is 10.9. The number of aromatic nitrogens is 1. The largest absolute Gasteiger partial charge is 0.289 e. The average Bonchev–Trinajstić information content (AvgIpc) is 2.89. The number of nitrogens with zero attached hydrogens (tertiary/aromatic N) is 2. The van der Waals surface area contributed by atoms with E-state index >= 15 is 4.57 Å². The first kappa shape index (κ1) is 18.6. The summed E-state index contributed by atoms with van der Waals surface area (Å²) in [6, 6.07) is 35.1. The first-order valence-corrected chi connectivity index (χ1v) is 12.7. The predicted octanol–water partition coefficient (Wildman–Crippen LogP) is 6.78. The van der Waals surface area contributed by atoms with Gasteiger partial charge in [-0.05, 0) is 53.1 Å². The molecule has 0 saturated carbocycles. The highest BCUT2D eigenvalue weighted by Gasteiger charge is 2.47. The lowest BCUT2D eigenvalue weighted by Crippen LogP contribution is -2.37. The molecule has 2 aliphatic rings. The molecule has 0 N–H and O–H groups in total. The number of pyridine rings is 1. The van der Waals surface area contributed by atoms with Gasteiger partial charge in [0, 0.05) is 39.7 Å². The Labute approximate surface area is 192 Å². The number of hydrogen-bond acceptors (Lipinski definition) is 2. The van der Waals surface area contributed by atoms with Gasteiger partial charge in [0.25, 0.3) is 0 Å². The van der Waals surface area contributed by atoms with Crippen molar-refractivity contribution in [3.63, 3.8) is 0 Å². The molecule has 0 saturated heterocycles. The Bertz CT molecular complexity index is 1610. The van der Waals surface area contributed by atoms with Crippen LogP contribution in [0.1, 0.15) is 0 Å². The molecule has 4 aromatic carbocycles. The van der Waals surface area contributed by atoms with Crippen LogP contribution in [0.2, 0.25) is 0 Å². The van der Waals surface area contributed by atoms with Crippen LogP contribution < -0.4 is 15.3 Å². The molecule has 0 amide bonds. The van der Waals surface area contributed by atoms with Crippen molar-refractivity contribution in [2.75, 3.05) is 4.67 Å². The number of fused-ring (bicyclic) bond motifs is 11. The second kappa shape index (κ2) is 6.78. The van der Waals surface area contributed by atoms with Gasteiger partial charge in [-0.15, -0.1) is 0 Å². The van der Waals surface area contributed by atoms with Gasteiger partial charge in [0.05, 0.1) is 11.4 Å². The summed E-state index contributed by atoms with van der Waals surface area (Å²) in [6.45, 7) is 0. The standard InChI is InChI=1S/C29H19N2OP/c32-33-28-13-5-2-10-23(28)22-9-1-4-12-26(22)31(33)27-16-15-20(21-8-7-17-30-19-21)18-25(27)24-11-3-6-14-29(24)33/h1-19H. The van der Waals surface area contributed by atoms with Gasteiger partial charge in [0.15, 0.2) is 0 Å². The van der Waals surface area contributed by atoms with Crippen molar-refractivity contribution < 1.29 is 4.57 Å². The lowest BCUT2D eigenvalue weighted by molar-refractivity contribution is 0.586. The minimum Gasteiger partial charge on any atom is -0.289 e. The third kappa shape index (κ3) is 2.46. The maximum Gasteiger partial charge on any atom is 0.235 e. The minimum absolute atomic E-state index is 0.891. The SMILES string of the molecule is O=P12c3ccccc3-c3ccccc3N1c1ccc(-c3cccnc3)cc1-c1ccccc12. The van der Waals surface area contributed by atoms with Crippen LogP contribution in [0.5, 0.6) is 0 Å². The van der Waals surface area contributed by atoms with Gasteiger partial charge < -0.3 is 0 Å². The maximum atomic E-state index is 15.3. The van der Waals surface area contributed by atoms with E-state index in [0.29, 0.717) is 0 Å². The second-order valence-electron chi connectivity index (χ2n) is 8.41. The van der Waals surface area contributed by atoms with E-state index in [9.17, 15) is 0 Å². The van der Waals surface area contributed by atoms with Crippen molar-refractivity contribution in [1.29, 1.82) is 0 Å². The van der Waals surface area contributed by atoms with E-state index in [0.717, 1.165) is 55.4 Å². The van der Waals surface area contributed by atoms with Crippen molar-refractivity contribution in [3.8, 4) is 33.4 Å². The van der Waals surface area contributed by atoms with Gasteiger partial charge in [-0.1, -0.05) is 66.7 Å². The van der Waals surface area contributed by atoms with Crippen molar-refractivity contribution in [2.45, 2.75) is 0 Å². The summed E-state index contributed by atoms with van der Waals surface area (Å²) in [5, 5.41) is 1.79. The van der Waals surface area contributed by atoms with Crippen LogP contribution in [0.15, 0.2) is 116 Å². The van der Waals surface area contributed by atoms with E-state index < -0.39 is 7.29 Å². The molecular formula is C29H19N2OP. The van der Waals surface area contributed by atoms with Crippen LogP contribution in [0.3, 0.4) is 0 Å². The fourth-order valence-electron chi connectivity index (χ4n) is 5.25. The zero-order chi connectivity index (χ0) is 22.0. The van der Waals surface area contributed by atoms with E-state index in [-0.39, 0.29) is 0 Å². The summed E-state index contributed by atoms with van der Waals surface area (Å²) in [4.78, 5) is 4.29. The minimum atomic E-state index is -3.13.